The van der Waals surface area contributed by atoms with Gasteiger partial charge in [-0.05, 0) is 57.5 Å². The van der Waals surface area contributed by atoms with Gasteiger partial charge in [-0.15, -0.1) is 0 Å². The van der Waals surface area contributed by atoms with Crippen LogP contribution in [0, 0.1) is 17.5 Å². The van der Waals surface area contributed by atoms with Crippen LogP contribution in [0.15, 0.2) is 24.3 Å². The molecule has 0 saturated carbocycles. The normalized spacial score (nSPS) is 22.6. The van der Waals surface area contributed by atoms with Crippen molar-refractivity contribution >= 4 is 23.2 Å². The van der Waals surface area contributed by atoms with E-state index >= 15 is 0 Å². The van der Waals surface area contributed by atoms with Crippen molar-refractivity contribution in [3.8, 4) is 5.75 Å². The largest absolute Gasteiger partial charge is 0.503 e. The number of likely N-dealkylation sites (tertiary alicyclic amines) is 1. The van der Waals surface area contributed by atoms with E-state index in [1.807, 2.05) is 11.8 Å². The average Bonchev–Trinajstić information content (AvgIpc) is 3.03. The first-order valence-corrected chi connectivity index (χ1v) is 10.8. The highest BCUT2D eigenvalue weighted by Gasteiger charge is 2.49. The third-order valence-electron chi connectivity index (χ3n) is 6.34. The van der Waals surface area contributed by atoms with Crippen molar-refractivity contribution in [2.75, 3.05) is 30.3 Å². The van der Waals surface area contributed by atoms with E-state index in [0.29, 0.717) is 42.9 Å². The number of anilines is 2. The minimum absolute atomic E-state index is 0.257. The Morgan fingerprint density at radius 3 is 2.61 bits per heavy atom. The Kier molecular flexibility index (Phi) is 5.96. The second-order valence-electron chi connectivity index (χ2n) is 8.48. The number of amides is 2. The van der Waals surface area contributed by atoms with Crippen LogP contribution in [-0.2, 0) is 10.3 Å². The Bertz CT molecular complexity index is 1100. The van der Waals surface area contributed by atoms with Crippen LogP contribution >= 0.6 is 0 Å². The lowest BCUT2D eigenvalue weighted by atomic mass is 9.88. The van der Waals surface area contributed by atoms with Gasteiger partial charge in [-0.2, -0.15) is 0 Å². The molecule has 1 saturated heterocycles. The molecule has 2 aromatic carbocycles. The number of fused-ring (bicyclic) bond motifs is 1. The molecule has 4 N–H and O–H groups in total. The molecule has 2 atom stereocenters. The van der Waals surface area contributed by atoms with Gasteiger partial charge in [-0.25, -0.2) is 13.2 Å². The second-order valence-corrected chi connectivity index (χ2v) is 8.48. The molecule has 0 radical (unpaired) electrons. The Morgan fingerprint density at radius 1 is 1.24 bits per heavy atom. The molecule has 176 valence electrons. The molecule has 0 spiro atoms. The number of carbonyl (C=O) groups excluding carboxylic acids is 2. The van der Waals surface area contributed by atoms with Crippen molar-refractivity contribution < 1.29 is 27.9 Å². The summed E-state index contributed by atoms with van der Waals surface area (Å²) in [6.45, 7) is 4.98. The highest BCUT2D eigenvalue weighted by molar-refractivity contribution is 6.08. The van der Waals surface area contributed by atoms with Gasteiger partial charge in [0.1, 0.15) is 11.4 Å². The molecule has 0 aromatic heterocycles. The number of carbonyl (C=O) groups is 2. The predicted octanol–water partition coefficient (Wildman–Crippen LogP) is 3.30. The minimum Gasteiger partial charge on any atom is -0.503 e. The van der Waals surface area contributed by atoms with E-state index in [1.54, 1.807) is 6.92 Å². The van der Waals surface area contributed by atoms with E-state index in [9.17, 15) is 27.9 Å². The van der Waals surface area contributed by atoms with Gasteiger partial charge in [-0.1, -0.05) is 0 Å². The van der Waals surface area contributed by atoms with E-state index in [4.69, 9.17) is 0 Å². The fourth-order valence-corrected chi connectivity index (χ4v) is 4.59. The summed E-state index contributed by atoms with van der Waals surface area (Å²) in [5.41, 5.74) is 0.141. The monoisotopic (exact) mass is 462 g/mol. The van der Waals surface area contributed by atoms with E-state index in [-0.39, 0.29) is 18.0 Å². The van der Waals surface area contributed by atoms with Crippen molar-refractivity contribution in [3.63, 3.8) is 0 Å². The summed E-state index contributed by atoms with van der Waals surface area (Å²) in [5.74, 6) is -5.05. The van der Waals surface area contributed by atoms with Gasteiger partial charge in [0.25, 0.3) is 5.91 Å². The maximum Gasteiger partial charge on any atom is 0.251 e. The van der Waals surface area contributed by atoms with Crippen molar-refractivity contribution in [1.29, 1.82) is 0 Å². The van der Waals surface area contributed by atoms with Gasteiger partial charge in [-0.3, -0.25) is 14.5 Å². The Morgan fingerprint density at radius 2 is 1.94 bits per heavy atom. The third kappa shape index (κ3) is 3.99. The second kappa shape index (κ2) is 8.58. The highest BCUT2D eigenvalue weighted by Crippen LogP contribution is 2.45. The maximum atomic E-state index is 14.4. The lowest BCUT2D eigenvalue weighted by molar-refractivity contribution is -0.127. The number of hydrogen-bond donors (Lipinski definition) is 4. The first-order chi connectivity index (χ1) is 15.6. The standard InChI is InChI=1S/C23H25F3N4O3/c1-3-27-18-10-13(24)9-15-19(18)29-22(33)23(15,2)30-6-4-5-14(11-30)28-21(32)12-7-16(25)20(31)17(26)8-12/h7-10,14,27,31H,3-6,11H2,1-2H3,(H,28,32)(H,29,33)/t14-,23?/m1/s1. The number of nitrogens with one attached hydrogen (secondary N) is 3. The zero-order chi connectivity index (χ0) is 23.9. The number of hydrogen-bond acceptors (Lipinski definition) is 5. The lowest BCUT2D eigenvalue weighted by Gasteiger charge is -2.42. The number of rotatable bonds is 5. The molecule has 1 unspecified atom stereocenters. The smallest absolute Gasteiger partial charge is 0.251 e. The van der Waals surface area contributed by atoms with Crippen LogP contribution in [0.4, 0.5) is 24.5 Å². The average molecular weight is 462 g/mol. The van der Waals surface area contributed by atoms with Crippen molar-refractivity contribution in [3.05, 3.63) is 52.8 Å². The third-order valence-corrected chi connectivity index (χ3v) is 6.34. The summed E-state index contributed by atoms with van der Waals surface area (Å²) >= 11 is 0. The number of phenols is 1. The lowest BCUT2D eigenvalue weighted by Crippen LogP contribution is -2.57. The van der Waals surface area contributed by atoms with Crippen molar-refractivity contribution in [2.45, 2.75) is 38.3 Å². The van der Waals surface area contributed by atoms with Gasteiger partial charge in [0.05, 0.1) is 11.4 Å². The first-order valence-electron chi connectivity index (χ1n) is 10.8. The molecule has 0 aliphatic carbocycles. The Labute approximate surface area is 189 Å². The summed E-state index contributed by atoms with van der Waals surface area (Å²) in [5, 5.41) is 17.9. The van der Waals surface area contributed by atoms with Gasteiger partial charge in [0.2, 0.25) is 5.91 Å². The van der Waals surface area contributed by atoms with Gasteiger partial charge < -0.3 is 21.1 Å². The van der Waals surface area contributed by atoms with Crippen LogP contribution < -0.4 is 16.0 Å². The molecule has 2 aliphatic heterocycles. The molecule has 2 aliphatic rings. The molecule has 4 rings (SSSR count). The summed E-state index contributed by atoms with van der Waals surface area (Å²) in [6, 6.07) is 3.81. The zero-order valence-corrected chi connectivity index (χ0v) is 18.3. The molecular formula is C23H25F3N4O3. The number of nitrogens with zero attached hydrogens (tertiary/aromatic N) is 1. The number of piperidine rings is 1. The minimum atomic E-state index is -1.23. The van der Waals surface area contributed by atoms with Crippen LogP contribution in [0.1, 0.15) is 42.6 Å². The quantitative estimate of drug-likeness (QED) is 0.547. The molecule has 2 heterocycles. The highest BCUT2D eigenvalue weighted by atomic mass is 19.1. The molecule has 2 amide bonds. The van der Waals surface area contributed by atoms with E-state index in [0.717, 1.165) is 12.1 Å². The molecule has 1 fully saturated rings. The fraction of sp³-hybridized carbons (Fsp3) is 0.391. The Balaban J connectivity index is 1.57. The number of aromatic hydroxyl groups is 1. The number of halogens is 3. The van der Waals surface area contributed by atoms with Gasteiger partial charge >= 0.3 is 0 Å². The SMILES string of the molecule is CCNc1cc(F)cc2c1NC(=O)C2(C)N1CCC[C@@H](NC(=O)c2cc(F)c(O)c(F)c2)C1. The van der Waals surface area contributed by atoms with E-state index < -0.39 is 40.7 Å². The van der Waals surface area contributed by atoms with Crippen LogP contribution in [0.25, 0.3) is 0 Å². The van der Waals surface area contributed by atoms with Gasteiger partial charge in [0, 0.05) is 30.3 Å². The molecule has 7 nitrogen and oxygen atoms in total. The maximum absolute atomic E-state index is 14.4. The number of benzene rings is 2. The number of phenolic OH excluding ortho intramolecular Hbond substituents is 1. The van der Waals surface area contributed by atoms with Gasteiger partial charge in [0.15, 0.2) is 17.4 Å². The molecule has 10 heteroatoms. The summed E-state index contributed by atoms with van der Waals surface area (Å²) < 4.78 is 41.7. The van der Waals surface area contributed by atoms with Crippen LogP contribution in [0.5, 0.6) is 5.75 Å². The molecular weight excluding hydrogens is 437 g/mol. The van der Waals surface area contributed by atoms with Crippen LogP contribution in [-0.4, -0.2) is 47.5 Å². The molecule has 0 bridgehead atoms. The van der Waals surface area contributed by atoms with Crippen molar-refractivity contribution in [2.24, 2.45) is 0 Å². The first kappa shape index (κ1) is 22.9. The topological polar surface area (TPSA) is 93.7 Å². The summed E-state index contributed by atoms with van der Waals surface area (Å²) in [6.07, 6.45) is 1.25. The Hall–Kier alpha value is -3.27. The zero-order valence-electron chi connectivity index (χ0n) is 18.3. The van der Waals surface area contributed by atoms with Crippen LogP contribution in [0.2, 0.25) is 0 Å². The fourth-order valence-electron chi connectivity index (χ4n) is 4.59. The molecule has 33 heavy (non-hydrogen) atoms. The van der Waals surface area contributed by atoms with E-state index in [1.165, 1.54) is 12.1 Å². The molecule has 2 aromatic rings. The van der Waals surface area contributed by atoms with E-state index in [2.05, 4.69) is 16.0 Å². The summed E-state index contributed by atoms with van der Waals surface area (Å²) in [7, 11) is 0. The predicted molar refractivity (Wildman–Crippen MR) is 117 cm³/mol. The van der Waals surface area contributed by atoms with Crippen LogP contribution in [0.3, 0.4) is 0 Å². The summed E-state index contributed by atoms with van der Waals surface area (Å²) in [4.78, 5) is 27.5. The van der Waals surface area contributed by atoms with Crippen molar-refractivity contribution in [1.82, 2.24) is 10.2 Å².